The summed E-state index contributed by atoms with van der Waals surface area (Å²) in [6.07, 6.45) is 0.633. The second-order valence-electron chi connectivity index (χ2n) is 8.44. The molecule has 0 aromatic heterocycles. The van der Waals surface area contributed by atoms with Crippen LogP contribution in [0, 0.1) is 5.82 Å². The average Bonchev–Trinajstić information content (AvgIpc) is 3.35. The van der Waals surface area contributed by atoms with Gasteiger partial charge >= 0.3 is 11.8 Å². The van der Waals surface area contributed by atoms with Gasteiger partial charge in [0, 0.05) is 58.7 Å². The third-order valence-electron chi connectivity index (χ3n) is 6.20. The number of amides is 2. The molecule has 2 aliphatic rings. The van der Waals surface area contributed by atoms with E-state index in [0.717, 1.165) is 37.4 Å². The monoisotopic (exact) mass is 486 g/mol. The van der Waals surface area contributed by atoms with Crippen LogP contribution in [0.4, 0.5) is 10.1 Å². The summed E-state index contributed by atoms with van der Waals surface area (Å²) in [7, 11) is 1.59. The maximum absolute atomic E-state index is 13.3. The zero-order valence-corrected chi connectivity index (χ0v) is 19.8. The summed E-state index contributed by atoms with van der Waals surface area (Å²) < 4.78 is 29.2. The fourth-order valence-corrected chi connectivity index (χ4v) is 4.29. The minimum Gasteiger partial charge on any atom is -0.454 e. The number of hydrogen-bond acceptors (Lipinski definition) is 7. The van der Waals surface area contributed by atoms with E-state index in [0.29, 0.717) is 31.1 Å². The molecule has 0 bridgehead atoms. The number of rotatable bonds is 9. The van der Waals surface area contributed by atoms with E-state index >= 15 is 0 Å². The number of fused-ring (bicyclic) bond motifs is 1. The lowest BCUT2D eigenvalue weighted by atomic mass is 10.0. The summed E-state index contributed by atoms with van der Waals surface area (Å²) in [5.41, 5.74) is 1.94. The van der Waals surface area contributed by atoms with Gasteiger partial charge in [-0.3, -0.25) is 14.5 Å². The number of hydrogen-bond donors (Lipinski definition) is 2. The number of nitrogens with zero attached hydrogens (tertiary/aromatic N) is 2. The van der Waals surface area contributed by atoms with Gasteiger partial charge < -0.3 is 29.7 Å². The number of piperazine rings is 1. The molecule has 10 heteroatoms. The molecule has 188 valence electrons. The summed E-state index contributed by atoms with van der Waals surface area (Å²) in [6.45, 7) is 4.29. The van der Waals surface area contributed by atoms with Crippen LogP contribution >= 0.6 is 0 Å². The van der Waals surface area contributed by atoms with Crippen molar-refractivity contribution in [3.63, 3.8) is 0 Å². The van der Waals surface area contributed by atoms with Crippen LogP contribution in [-0.4, -0.2) is 76.5 Å². The second kappa shape index (κ2) is 11.9. The molecule has 0 radical (unpaired) electrons. The lowest BCUT2D eigenvalue weighted by Gasteiger charge is -2.40. The van der Waals surface area contributed by atoms with Gasteiger partial charge in [-0.2, -0.15) is 0 Å². The smallest absolute Gasteiger partial charge is 0.309 e. The Hall–Kier alpha value is -3.37. The molecule has 2 aromatic carbocycles. The Balaban J connectivity index is 1.41. The van der Waals surface area contributed by atoms with Gasteiger partial charge in [0.05, 0.1) is 6.04 Å². The summed E-state index contributed by atoms with van der Waals surface area (Å²) in [6, 6.07) is 12.1. The van der Waals surface area contributed by atoms with E-state index in [4.69, 9.17) is 14.2 Å². The third-order valence-corrected chi connectivity index (χ3v) is 6.20. The Morgan fingerprint density at radius 3 is 2.46 bits per heavy atom. The molecule has 2 heterocycles. The Morgan fingerprint density at radius 1 is 1.00 bits per heavy atom. The number of halogens is 1. The van der Waals surface area contributed by atoms with Crippen LogP contribution in [0.15, 0.2) is 42.5 Å². The Labute approximate surface area is 204 Å². The van der Waals surface area contributed by atoms with Gasteiger partial charge in [-0.25, -0.2) is 4.39 Å². The van der Waals surface area contributed by atoms with Crippen LogP contribution < -0.4 is 25.0 Å². The number of carbonyl (C=O) groups is 2. The first-order chi connectivity index (χ1) is 17.0. The quantitative estimate of drug-likeness (QED) is 0.412. The molecule has 0 spiro atoms. The lowest BCUT2D eigenvalue weighted by molar-refractivity contribution is -0.139. The van der Waals surface area contributed by atoms with Gasteiger partial charge in [-0.15, -0.1) is 0 Å². The molecule has 2 N–H and O–H groups in total. The van der Waals surface area contributed by atoms with Gasteiger partial charge in [0.1, 0.15) is 5.82 Å². The van der Waals surface area contributed by atoms with Crippen LogP contribution in [0.5, 0.6) is 11.5 Å². The minimum atomic E-state index is -0.668. The van der Waals surface area contributed by atoms with Crippen molar-refractivity contribution in [1.29, 1.82) is 0 Å². The second-order valence-corrected chi connectivity index (χ2v) is 8.44. The molecule has 1 saturated heterocycles. The zero-order chi connectivity index (χ0) is 24.6. The van der Waals surface area contributed by atoms with Crippen molar-refractivity contribution in [3.05, 3.63) is 53.8 Å². The first kappa shape index (κ1) is 24.7. The van der Waals surface area contributed by atoms with Crippen molar-refractivity contribution in [1.82, 2.24) is 15.5 Å². The predicted molar refractivity (Wildman–Crippen MR) is 128 cm³/mol. The molecule has 0 aliphatic carbocycles. The Bertz CT molecular complexity index is 1010. The van der Waals surface area contributed by atoms with Crippen molar-refractivity contribution in [3.8, 4) is 11.5 Å². The summed E-state index contributed by atoms with van der Waals surface area (Å²) >= 11 is 0. The maximum Gasteiger partial charge on any atom is 0.309 e. The van der Waals surface area contributed by atoms with Gasteiger partial charge in [0.25, 0.3) is 0 Å². The van der Waals surface area contributed by atoms with Gasteiger partial charge in [-0.1, -0.05) is 6.07 Å². The largest absolute Gasteiger partial charge is 0.454 e. The number of carbonyl (C=O) groups excluding carboxylic acids is 2. The van der Waals surface area contributed by atoms with E-state index in [1.807, 2.05) is 18.2 Å². The molecule has 35 heavy (non-hydrogen) atoms. The fraction of sp³-hybridized carbons (Fsp3) is 0.440. The van der Waals surface area contributed by atoms with Crippen molar-refractivity contribution in [2.75, 3.05) is 64.7 Å². The molecule has 4 rings (SSSR count). The first-order valence-electron chi connectivity index (χ1n) is 11.7. The van der Waals surface area contributed by atoms with Gasteiger partial charge in [0.2, 0.25) is 6.79 Å². The molecule has 2 amide bonds. The highest BCUT2D eigenvalue weighted by atomic mass is 19.1. The predicted octanol–water partition coefficient (Wildman–Crippen LogP) is 1.69. The van der Waals surface area contributed by atoms with E-state index in [-0.39, 0.29) is 25.2 Å². The number of methoxy groups -OCH3 is 1. The Kier molecular flexibility index (Phi) is 8.38. The molecule has 1 fully saturated rings. The van der Waals surface area contributed by atoms with E-state index in [1.54, 1.807) is 19.2 Å². The topological polar surface area (TPSA) is 92.4 Å². The highest BCUT2D eigenvalue weighted by molar-refractivity contribution is 6.35. The van der Waals surface area contributed by atoms with E-state index in [2.05, 4.69) is 20.4 Å². The standard InChI is InChI=1S/C25H31FN4O5/c1-33-14-2-9-27-24(31)25(32)28-16-21(18-3-8-22-23(15-18)35-17-34-22)30-12-10-29(11-13-30)20-6-4-19(26)5-7-20/h3-8,15,21H,2,9-14,16-17H2,1H3,(H,27,31)(H,28,32)/t21-/m1/s1. The molecule has 9 nitrogen and oxygen atoms in total. The molecule has 0 saturated carbocycles. The average molecular weight is 487 g/mol. The summed E-state index contributed by atoms with van der Waals surface area (Å²) in [5, 5.41) is 5.39. The lowest BCUT2D eigenvalue weighted by Crippen LogP contribution is -2.51. The minimum absolute atomic E-state index is 0.162. The van der Waals surface area contributed by atoms with Crippen LogP contribution in [-0.2, 0) is 14.3 Å². The number of benzene rings is 2. The third kappa shape index (κ3) is 6.40. The zero-order valence-electron chi connectivity index (χ0n) is 19.8. The molecular weight excluding hydrogens is 455 g/mol. The summed E-state index contributed by atoms with van der Waals surface area (Å²) in [5.74, 6) is -0.230. The number of nitrogens with one attached hydrogen (secondary N) is 2. The Morgan fingerprint density at radius 2 is 1.71 bits per heavy atom. The van der Waals surface area contributed by atoms with Crippen molar-refractivity contribution >= 4 is 17.5 Å². The van der Waals surface area contributed by atoms with Crippen LogP contribution in [0.2, 0.25) is 0 Å². The van der Waals surface area contributed by atoms with E-state index in [1.165, 1.54) is 12.1 Å². The molecular formula is C25H31FN4O5. The van der Waals surface area contributed by atoms with Gasteiger partial charge in [-0.05, 0) is 48.4 Å². The van der Waals surface area contributed by atoms with Crippen LogP contribution in [0.25, 0.3) is 0 Å². The first-order valence-corrected chi connectivity index (χ1v) is 11.7. The van der Waals surface area contributed by atoms with Crippen LogP contribution in [0.1, 0.15) is 18.0 Å². The van der Waals surface area contributed by atoms with Crippen molar-refractivity contribution < 1.29 is 28.2 Å². The normalized spacial score (nSPS) is 16.1. The molecule has 2 aromatic rings. The molecule has 0 unspecified atom stereocenters. The van der Waals surface area contributed by atoms with Crippen LogP contribution in [0.3, 0.4) is 0 Å². The van der Waals surface area contributed by atoms with E-state index < -0.39 is 11.8 Å². The summed E-state index contributed by atoms with van der Waals surface area (Å²) in [4.78, 5) is 29.1. The van der Waals surface area contributed by atoms with Gasteiger partial charge in [0.15, 0.2) is 11.5 Å². The van der Waals surface area contributed by atoms with Crippen molar-refractivity contribution in [2.24, 2.45) is 0 Å². The van der Waals surface area contributed by atoms with Crippen molar-refractivity contribution in [2.45, 2.75) is 12.5 Å². The number of anilines is 1. The fourth-order valence-electron chi connectivity index (χ4n) is 4.29. The molecule has 2 aliphatic heterocycles. The highest BCUT2D eigenvalue weighted by Crippen LogP contribution is 2.35. The highest BCUT2D eigenvalue weighted by Gasteiger charge is 2.28. The molecule has 1 atom stereocenters. The van der Waals surface area contributed by atoms with E-state index in [9.17, 15) is 14.0 Å². The number of ether oxygens (including phenoxy) is 3. The maximum atomic E-state index is 13.3. The SMILES string of the molecule is COCCCNC(=O)C(=O)NC[C@H](c1ccc2c(c1)OCO2)N1CCN(c2ccc(F)cc2)CC1.